The minimum Gasteiger partial charge on any atom is -0.496 e. The molecule has 3 aromatic rings. The van der Waals surface area contributed by atoms with Crippen LogP contribution in [0.5, 0.6) is 5.75 Å². The van der Waals surface area contributed by atoms with Gasteiger partial charge in [-0.3, -0.25) is 4.79 Å². The van der Waals surface area contributed by atoms with Crippen LogP contribution in [0.15, 0.2) is 54.6 Å². The van der Waals surface area contributed by atoms with E-state index in [1.54, 1.807) is 13.2 Å². The Labute approximate surface area is 212 Å². The van der Waals surface area contributed by atoms with Crippen LogP contribution < -0.4 is 20.7 Å². The summed E-state index contributed by atoms with van der Waals surface area (Å²) in [4.78, 5) is 30.0. The van der Waals surface area contributed by atoms with Crippen LogP contribution in [-0.2, 0) is 11.3 Å². The number of piperidine rings is 1. The molecule has 1 aromatic heterocycles. The number of likely N-dealkylation sites (tertiary alicyclic amines) is 1. The predicted molar refractivity (Wildman–Crippen MR) is 134 cm³/mol. The van der Waals surface area contributed by atoms with E-state index in [-0.39, 0.29) is 19.1 Å². The van der Waals surface area contributed by atoms with Crippen molar-refractivity contribution < 1.29 is 27.5 Å². The van der Waals surface area contributed by atoms with Crippen molar-refractivity contribution in [2.75, 3.05) is 30.8 Å². The summed E-state index contributed by atoms with van der Waals surface area (Å²) >= 11 is 0. The number of urea groups is 1. The number of para-hydroxylation sites is 1. The first kappa shape index (κ1) is 26.1. The van der Waals surface area contributed by atoms with Crippen LogP contribution in [0.3, 0.4) is 0 Å². The number of carbonyl (C=O) groups is 2. The molecule has 0 bridgehead atoms. The van der Waals surface area contributed by atoms with Crippen molar-refractivity contribution in [1.82, 2.24) is 15.2 Å². The number of hydrogen-bond acceptors (Lipinski definition) is 5. The smallest absolute Gasteiger partial charge is 0.397 e. The van der Waals surface area contributed by atoms with E-state index in [2.05, 4.69) is 20.9 Å². The third kappa shape index (κ3) is 7.25. The van der Waals surface area contributed by atoms with Crippen molar-refractivity contribution >= 4 is 34.3 Å². The Morgan fingerprint density at radius 1 is 1.08 bits per heavy atom. The summed E-state index contributed by atoms with van der Waals surface area (Å²) in [5.41, 5.74) is 2.35. The Kier molecular flexibility index (Phi) is 8.00. The van der Waals surface area contributed by atoms with Crippen molar-refractivity contribution in [3.8, 4) is 5.75 Å². The van der Waals surface area contributed by atoms with E-state index in [1.165, 1.54) is 4.90 Å². The Hall–Kier alpha value is -4.02. The molecule has 1 aliphatic heterocycles. The number of carbonyl (C=O) groups excluding carboxylic acids is 2. The number of amides is 3. The maximum absolute atomic E-state index is 12.5. The molecule has 3 N–H and O–H groups in total. The van der Waals surface area contributed by atoms with Gasteiger partial charge in [0.15, 0.2) is 0 Å². The van der Waals surface area contributed by atoms with Gasteiger partial charge in [-0.05, 0) is 49.2 Å². The number of rotatable bonds is 7. The van der Waals surface area contributed by atoms with E-state index in [0.29, 0.717) is 30.9 Å². The van der Waals surface area contributed by atoms with Gasteiger partial charge in [0.1, 0.15) is 18.0 Å². The Balaban J connectivity index is 1.28. The molecule has 2 heterocycles. The molecule has 0 atom stereocenters. The fourth-order valence-electron chi connectivity index (χ4n) is 4.25. The molecule has 1 aliphatic rings. The summed E-state index contributed by atoms with van der Waals surface area (Å²) in [5, 5.41) is 9.75. The third-order valence-electron chi connectivity index (χ3n) is 6.13. The van der Waals surface area contributed by atoms with Crippen LogP contribution in [0.2, 0.25) is 0 Å². The van der Waals surface area contributed by atoms with Gasteiger partial charge >= 0.3 is 12.2 Å². The van der Waals surface area contributed by atoms with Gasteiger partial charge in [-0.1, -0.05) is 18.2 Å². The molecule has 4 rings (SSSR count). The number of benzene rings is 2. The SMILES string of the molecule is COc1ccccc1CNc1ccc2cc(NC(=O)NC3CCN(C(=O)CC(F)(F)F)CC3)ccc2n1. The first-order valence-electron chi connectivity index (χ1n) is 11.9. The lowest BCUT2D eigenvalue weighted by atomic mass is 10.0. The van der Waals surface area contributed by atoms with E-state index >= 15 is 0 Å². The zero-order valence-corrected chi connectivity index (χ0v) is 20.3. The number of nitrogens with one attached hydrogen (secondary N) is 3. The molecule has 0 spiro atoms. The van der Waals surface area contributed by atoms with Crippen molar-refractivity contribution in [3.63, 3.8) is 0 Å². The number of hydrogen-bond donors (Lipinski definition) is 3. The molecule has 8 nitrogen and oxygen atoms in total. The van der Waals surface area contributed by atoms with Gasteiger partial charge in [0, 0.05) is 42.3 Å². The van der Waals surface area contributed by atoms with Gasteiger partial charge in [-0.25, -0.2) is 9.78 Å². The second-order valence-electron chi connectivity index (χ2n) is 8.81. The monoisotopic (exact) mass is 515 g/mol. The molecule has 3 amide bonds. The number of methoxy groups -OCH3 is 1. The van der Waals surface area contributed by atoms with E-state index in [1.807, 2.05) is 48.5 Å². The van der Waals surface area contributed by atoms with Crippen molar-refractivity contribution in [2.24, 2.45) is 0 Å². The van der Waals surface area contributed by atoms with E-state index in [4.69, 9.17) is 4.74 Å². The van der Waals surface area contributed by atoms with Gasteiger partial charge in [-0.2, -0.15) is 13.2 Å². The van der Waals surface area contributed by atoms with Crippen LogP contribution in [0, 0.1) is 0 Å². The molecule has 0 aliphatic carbocycles. The summed E-state index contributed by atoms with van der Waals surface area (Å²) in [5.74, 6) is 0.570. The molecule has 37 heavy (non-hydrogen) atoms. The van der Waals surface area contributed by atoms with E-state index in [0.717, 1.165) is 22.2 Å². The largest absolute Gasteiger partial charge is 0.496 e. The van der Waals surface area contributed by atoms with Crippen LogP contribution in [0.4, 0.5) is 29.5 Å². The van der Waals surface area contributed by atoms with Crippen LogP contribution >= 0.6 is 0 Å². The van der Waals surface area contributed by atoms with Crippen molar-refractivity contribution in [3.05, 3.63) is 60.2 Å². The average Bonchev–Trinajstić information content (AvgIpc) is 2.87. The number of fused-ring (bicyclic) bond motifs is 1. The van der Waals surface area contributed by atoms with Gasteiger partial charge in [0.2, 0.25) is 5.91 Å². The molecule has 0 saturated carbocycles. The highest BCUT2D eigenvalue weighted by molar-refractivity contribution is 5.93. The molecule has 196 valence electrons. The maximum Gasteiger partial charge on any atom is 0.397 e. The van der Waals surface area contributed by atoms with Gasteiger partial charge in [-0.15, -0.1) is 0 Å². The number of nitrogens with zero attached hydrogens (tertiary/aromatic N) is 2. The molecule has 2 aromatic carbocycles. The van der Waals surface area contributed by atoms with Gasteiger partial charge in [0.05, 0.1) is 12.6 Å². The van der Waals surface area contributed by atoms with Crippen LogP contribution in [0.25, 0.3) is 10.9 Å². The Morgan fingerprint density at radius 2 is 1.84 bits per heavy atom. The lowest BCUT2D eigenvalue weighted by Gasteiger charge is -2.32. The average molecular weight is 516 g/mol. The molecular weight excluding hydrogens is 487 g/mol. The third-order valence-corrected chi connectivity index (χ3v) is 6.13. The second kappa shape index (κ2) is 11.4. The van der Waals surface area contributed by atoms with Gasteiger partial charge < -0.3 is 25.6 Å². The lowest BCUT2D eigenvalue weighted by Crippen LogP contribution is -2.48. The number of pyridine rings is 1. The fraction of sp³-hybridized carbons (Fsp3) is 0.346. The molecule has 0 radical (unpaired) electrons. The van der Waals surface area contributed by atoms with Crippen molar-refractivity contribution in [2.45, 2.75) is 38.0 Å². The first-order chi connectivity index (χ1) is 17.7. The number of aromatic nitrogens is 1. The molecule has 11 heteroatoms. The van der Waals surface area contributed by atoms with Gasteiger partial charge in [0.25, 0.3) is 0 Å². The number of anilines is 2. The van der Waals surface area contributed by atoms with Crippen molar-refractivity contribution in [1.29, 1.82) is 0 Å². The number of halogens is 3. The highest BCUT2D eigenvalue weighted by atomic mass is 19.4. The lowest BCUT2D eigenvalue weighted by molar-refractivity contribution is -0.162. The summed E-state index contributed by atoms with van der Waals surface area (Å²) in [7, 11) is 1.63. The Morgan fingerprint density at radius 3 is 2.57 bits per heavy atom. The summed E-state index contributed by atoms with van der Waals surface area (Å²) in [6, 6.07) is 16.2. The first-order valence-corrected chi connectivity index (χ1v) is 11.9. The highest BCUT2D eigenvalue weighted by Gasteiger charge is 2.34. The second-order valence-corrected chi connectivity index (χ2v) is 8.81. The minimum absolute atomic E-state index is 0.176. The Bertz CT molecular complexity index is 1260. The normalized spacial score (nSPS) is 14.3. The maximum atomic E-state index is 12.5. The molecule has 0 unspecified atom stereocenters. The predicted octanol–water partition coefficient (Wildman–Crippen LogP) is 4.92. The zero-order valence-electron chi connectivity index (χ0n) is 20.3. The number of alkyl halides is 3. The number of ether oxygens (including phenoxy) is 1. The van der Waals surface area contributed by atoms with Crippen LogP contribution in [0.1, 0.15) is 24.8 Å². The standard InChI is InChI=1S/C26H28F3N5O3/c1-37-22-5-3-2-4-18(22)16-30-23-9-6-17-14-20(7-8-21(17)33-23)32-25(36)31-19-10-12-34(13-11-19)24(35)15-26(27,28)29/h2-9,14,19H,10-13,15-16H2,1H3,(H,30,33)(H2,31,32,36). The summed E-state index contributed by atoms with van der Waals surface area (Å²) < 4.78 is 42.7. The molecular formula is C26H28F3N5O3. The minimum atomic E-state index is -4.52. The van der Waals surface area contributed by atoms with E-state index in [9.17, 15) is 22.8 Å². The topological polar surface area (TPSA) is 95.6 Å². The summed E-state index contributed by atoms with van der Waals surface area (Å²) in [6.45, 7) is 0.904. The fourth-order valence-corrected chi connectivity index (χ4v) is 4.25. The zero-order chi connectivity index (χ0) is 26.4. The van der Waals surface area contributed by atoms with Crippen LogP contribution in [-0.4, -0.2) is 54.2 Å². The molecule has 1 saturated heterocycles. The summed E-state index contributed by atoms with van der Waals surface area (Å²) in [6.07, 6.45) is -5.19. The molecule has 1 fully saturated rings. The highest BCUT2D eigenvalue weighted by Crippen LogP contribution is 2.24. The quantitative estimate of drug-likeness (QED) is 0.415. The van der Waals surface area contributed by atoms with E-state index < -0.39 is 24.5 Å².